The van der Waals surface area contributed by atoms with E-state index in [1.807, 2.05) is 31.3 Å². The molecule has 0 saturated heterocycles. The Kier molecular flexibility index (Phi) is 6.74. The third-order valence-corrected chi connectivity index (χ3v) is 4.53. The number of alkyl halides is 3. The molecule has 0 aliphatic heterocycles. The number of nitrogens with zero attached hydrogens (tertiary/aromatic N) is 4. The average molecular weight is 430 g/mol. The molecule has 1 heterocycles. The summed E-state index contributed by atoms with van der Waals surface area (Å²) in [6, 6.07) is 12.3. The van der Waals surface area contributed by atoms with E-state index >= 15 is 0 Å². The van der Waals surface area contributed by atoms with Crippen LogP contribution in [0, 0.1) is 0 Å². The van der Waals surface area contributed by atoms with E-state index in [4.69, 9.17) is 9.68 Å². The summed E-state index contributed by atoms with van der Waals surface area (Å²) < 4.78 is 40.6. The van der Waals surface area contributed by atoms with Crippen molar-refractivity contribution >= 4 is 11.9 Å². The number of oxime groups is 2. The van der Waals surface area contributed by atoms with Gasteiger partial charge in [0.1, 0.15) is 13.2 Å². The monoisotopic (exact) mass is 430 g/mol. The zero-order chi connectivity index (χ0) is 22.4. The van der Waals surface area contributed by atoms with E-state index in [0.29, 0.717) is 28.2 Å². The highest BCUT2D eigenvalue weighted by atomic mass is 19.4. The van der Waals surface area contributed by atoms with Gasteiger partial charge in [-0.25, -0.2) is 4.98 Å². The van der Waals surface area contributed by atoms with Gasteiger partial charge in [-0.1, -0.05) is 46.7 Å². The van der Waals surface area contributed by atoms with E-state index < -0.39 is 17.8 Å². The van der Waals surface area contributed by atoms with Crippen molar-refractivity contribution in [3.8, 4) is 0 Å². The van der Waals surface area contributed by atoms with E-state index in [1.165, 1.54) is 19.4 Å². The zero-order valence-corrected chi connectivity index (χ0v) is 17.2. The van der Waals surface area contributed by atoms with Crippen molar-refractivity contribution in [2.45, 2.75) is 19.2 Å². The molecular formula is C22H21F3N4O2. The van der Waals surface area contributed by atoms with Crippen LogP contribution in [0.25, 0.3) is 0 Å². The van der Waals surface area contributed by atoms with E-state index in [0.717, 1.165) is 12.1 Å². The van der Waals surface area contributed by atoms with Crippen LogP contribution in [0.4, 0.5) is 13.2 Å². The Morgan fingerprint density at radius 2 is 1.94 bits per heavy atom. The van der Waals surface area contributed by atoms with Crippen molar-refractivity contribution in [2.75, 3.05) is 7.11 Å². The van der Waals surface area contributed by atoms with Crippen LogP contribution in [-0.4, -0.2) is 28.6 Å². The van der Waals surface area contributed by atoms with Gasteiger partial charge in [0.2, 0.25) is 0 Å². The topological polar surface area (TPSA) is 61.0 Å². The fourth-order valence-corrected chi connectivity index (χ4v) is 2.93. The highest BCUT2D eigenvalue weighted by molar-refractivity contribution is 6.14. The number of hydrogen-bond donors (Lipinski definition) is 0. The van der Waals surface area contributed by atoms with Gasteiger partial charge < -0.3 is 14.2 Å². The van der Waals surface area contributed by atoms with Crippen molar-refractivity contribution in [3.63, 3.8) is 0 Å². The van der Waals surface area contributed by atoms with Crippen LogP contribution >= 0.6 is 0 Å². The molecule has 0 aliphatic carbocycles. The number of aryl methyl sites for hydroxylation is 1. The Morgan fingerprint density at radius 1 is 1.16 bits per heavy atom. The van der Waals surface area contributed by atoms with Gasteiger partial charge in [0, 0.05) is 30.6 Å². The molecule has 0 amide bonds. The largest absolute Gasteiger partial charge is 0.416 e. The molecule has 1 aromatic heterocycles. The van der Waals surface area contributed by atoms with E-state index in [2.05, 4.69) is 15.3 Å². The summed E-state index contributed by atoms with van der Waals surface area (Å²) in [5, 5.41) is 8.09. The van der Waals surface area contributed by atoms with Crippen LogP contribution in [0.1, 0.15) is 41.1 Å². The fraction of sp³-hybridized carbons (Fsp3) is 0.227. The van der Waals surface area contributed by atoms with Gasteiger partial charge in [-0.2, -0.15) is 13.2 Å². The summed E-state index contributed by atoms with van der Waals surface area (Å²) in [4.78, 5) is 14.7. The highest BCUT2D eigenvalue weighted by Gasteiger charge is 2.30. The number of imidazole rings is 1. The smallest absolute Gasteiger partial charge is 0.399 e. The second-order valence-electron chi connectivity index (χ2n) is 6.68. The van der Waals surface area contributed by atoms with Crippen LogP contribution in [0.2, 0.25) is 0 Å². The lowest BCUT2D eigenvalue weighted by Gasteiger charge is -2.13. The third kappa shape index (κ3) is 5.30. The molecular weight excluding hydrogens is 409 g/mol. The predicted octanol–water partition coefficient (Wildman–Crippen LogP) is 4.95. The van der Waals surface area contributed by atoms with Crippen molar-refractivity contribution in [3.05, 3.63) is 89.0 Å². The lowest BCUT2D eigenvalue weighted by Crippen LogP contribution is -2.13. The Balaban J connectivity index is 1.83. The summed E-state index contributed by atoms with van der Waals surface area (Å²) in [5.74, 6) is 0.598. The van der Waals surface area contributed by atoms with Crippen molar-refractivity contribution in [1.29, 1.82) is 0 Å². The molecule has 3 aromatic rings. The van der Waals surface area contributed by atoms with Crippen LogP contribution in [0.15, 0.2) is 71.2 Å². The fourth-order valence-electron chi connectivity index (χ4n) is 2.93. The Labute approximate surface area is 177 Å². The number of hydrogen-bond acceptors (Lipinski definition) is 5. The van der Waals surface area contributed by atoms with Crippen LogP contribution in [0.5, 0.6) is 0 Å². The van der Waals surface area contributed by atoms with Gasteiger partial charge in [-0.15, -0.1) is 0 Å². The second-order valence-corrected chi connectivity index (χ2v) is 6.68. The zero-order valence-electron chi connectivity index (χ0n) is 17.2. The molecule has 0 bridgehead atoms. The maximum Gasteiger partial charge on any atom is 0.416 e. The second kappa shape index (κ2) is 9.46. The minimum absolute atomic E-state index is 0.370. The normalized spacial score (nSPS) is 13.4. The van der Waals surface area contributed by atoms with E-state index in [9.17, 15) is 13.2 Å². The quantitative estimate of drug-likeness (QED) is 0.394. The molecule has 0 radical (unpaired) electrons. The van der Waals surface area contributed by atoms with Gasteiger partial charge in [-0.05, 0) is 24.6 Å². The molecule has 3 rings (SSSR count). The van der Waals surface area contributed by atoms with Crippen LogP contribution < -0.4 is 0 Å². The first-order valence-electron chi connectivity index (χ1n) is 9.36. The molecule has 1 unspecified atom stereocenters. The molecule has 162 valence electrons. The summed E-state index contributed by atoms with van der Waals surface area (Å²) in [7, 11) is 3.28. The summed E-state index contributed by atoms with van der Waals surface area (Å²) >= 11 is 0. The van der Waals surface area contributed by atoms with Gasteiger partial charge >= 0.3 is 6.18 Å². The van der Waals surface area contributed by atoms with Gasteiger partial charge in [0.05, 0.1) is 11.8 Å². The molecule has 0 fully saturated rings. The van der Waals surface area contributed by atoms with Gasteiger partial charge in [0.25, 0.3) is 0 Å². The number of rotatable bonds is 7. The van der Waals surface area contributed by atoms with Crippen LogP contribution in [-0.2, 0) is 22.9 Å². The minimum Gasteiger partial charge on any atom is -0.399 e. The average Bonchev–Trinajstić information content (AvgIpc) is 3.17. The Hall–Kier alpha value is -3.62. The molecule has 0 aliphatic rings. The minimum atomic E-state index is -4.42. The highest BCUT2D eigenvalue weighted by Crippen LogP contribution is 2.31. The summed E-state index contributed by atoms with van der Waals surface area (Å²) in [6.07, 6.45) is -0.172. The van der Waals surface area contributed by atoms with E-state index in [-0.39, 0.29) is 0 Å². The van der Waals surface area contributed by atoms with Gasteiger partial charge in [-0.3, -0.25) is 0 Å². The molecule has 2 aromatic carbocycles. The first-order valence-corrected chi connectivity index (χ1v) is 9.36. The molecule has 6 nitrogen and oxygen atoms in total. The number of aromatic nitrogens is 2. The summed E-state index contributed by atoms with van der Waals surface area (Å²) in [6.45, 7) is 1.63. The lowest BCUT2D eigenvalue weighted by molar-refractivity contribution is -0.137. The van der Waals surface area contributed by atoms with Crippen LogP contribution in [0.3, 0.4) is 0 Å². The predicted molar refractivity (Wildman–Crippen MR) is 111 cm³/mol. The summed E-state index contributed by atoms with van der Waals surface area (Å²) in [5.41, 5.74) is 1.53. The molecule has 0 spiro atoms. The lowest BCUT2D eigenvalue weighted by atomic mass is 10.0. The Morgan fingerprint density at radius 3 is 2.61 bits per heavy atom. The maximum atomic E-state index is 12.9. The number of halogens is 3. The molecule has 1 atom stereocenters. The third-order valence-electron chi connectivity index (χ3n) is 4.53. The van der Waals surface area contributed by atoms with Crippen molar-refractivity contribution in [1.82, 2.24) is 9.55 Å². The maximum absolute atomic E-state index is 12.9. The molecule has 0 saturated carbocycles. The first-order chi connectivity index (χ1) is 14.8. The molecule has 31 heavy (non-hydrogen) atoms. The first kappa shape index (κ1) is 22.1. The van der Waals surface area contributed by atoms with Crippen molar-refractivity contribution in [2.24, 2.45) is 17.4 Å². The van der Waals surface area contributed by atoms with Crippen molar-refractivity contribution < 1.29 is 22.8 Å². The molecule has 9 heteroatoms. The Bertz CT molecular complexity index is 1090. The van der Waals surface area contributed by atoms with Gasteiger partial charge in [0.15, 0.2) is 11.5 Å². The SMILES string of the molecule is CO/N=C(\c1ccccc1/C=N/OC(C)c1cccc(C(F)(F)F)c1)c1nccn1C. The standard InChI is InChI=1S/C22H21F3N4O2/c1-15(16-8-6-9-18(13-16)22(23,24)25)31-27-14-17-7-4-5-10-19(17)20(28-30-3)21-26-11-12-29(21)2/h4-15H,1-3H3/b27-14+,28-20+. The number of benzene rings is 2. The molecule has 0 N–H and O–H groups in total. The van der Waals surface area contributed by atoms with E-state index in [1.54, 1.807) is 30.0 Å².